The quantitative estimate of drug-likeness (QED) is 0.504. The normalized spacial score (nSPS) is 10.2. The molecule has 1 amide bonds. The van der Waals surface area contributed by atoms with Crippen molar-refractivity contribution in [3.8, 4) is 11.5 Å². The van der Waals surface area contributed by atoms with Crippen molar-refractivity contribution in [1.82, 2.24) is 4.98 Å². The molecule has 0 bridgehead atoms. The minimum absolute atomic E-state index is 0.187. The van der Waals surface area contributed by atoms with Crippen LogP contribution in [0, 0.1) is 0 Å². The van der Waals surface area contributed by atoms with Gasteiger partial charge in [0.15, 0.2) is 0 Å². The number of benzene rings is 2. The zero-order valence-electron chi connectivity index (χ0n) is 15.1. The van der Waals surface area contributed by atoms with Crippen LogP contribution in [0.25, 0.3) is 0 Å². The molecule has 0 fully saturated rings. The minimum atomic E-state index is -0.575. The van der Waals surface area contributed by atoms with Gasteiger partial charge in [-0.1, -0.05) is 6.07 Å². The topological polar surface area (TPSA) is 97.8 Å². The molecule has 1 heterocycles. The molecule has 0 unspecified atom stereocenters. The highest BCUT2D eigenvalue weighted by molar-refractivity contribution is 6.05. The van der Waals surface area contributed by atoms with E-state index in [2.05, 4.69) is 15.0 Å². The first-order chi connectivity index (χ1) is 13.6. The van der Waals surface area contributed by atoms with Crippen LogP contribution in [0.5, 0.6) is 11.5 Å². The Morgan fingerprint density at radius 1 is 1.04 bits per heavy atom. The minimum Gasteiger partial charge on any atom is -0.506 e. The molecule has 0 radical (unpaired) electrons. The SMILES string of the molecule is COC(=O)c1ccc(NC(=O)c2ccc(OCc3ccccn3)cc2)c(O)c1. The lowest BCUT2D eigenvalue weighted by atomic mass is 10.1. The number of methoxy groups -OCH3 is 1. The Morgan fingerprint density at radius 2 is 1.79 bits per heavy atom. The number of hydrogen-bond donors (Lipinski definition) is 2. The van der Waals surface area contributed by atoms with Gasteiger partial charge in [-0.2, -0.15) is 0 Å². The smallest absolute Gasteiger partial charge is 0.337 e. The maximum Gasteiger partial charge on any atom is 0.337 e. The van der Waals surface area contributed by atoms with Crippen molar-refractivity contribution in [2.45, 2.75) is 6.61 Å². The molecule has 1 aromatic heterocycles. The summed E-state index contributed by atoms with van der Waals surface area (Å²) in [6.07, 6.45) is 1.69. The largest absolute Gasteiger partial charge is 0.506 e. The summed E-state index contributed by atoms with van der Waals surface area (Å²) in [5, 5.41) is 12.6. The molecule has 0 saturated carbocycles. The fourth-order valence-corrected chi connectivity index (χ4v) is 2.42. The highest BCUT2D eigenvalue weighted by Crippen LogP contribution is 2.25. The number of anilines is 1. The third kappa shape index (κ3) is 4.64. The number of carbonyl (C=O) groups excluding carboxylic acids is 2. The first-order valence-corrected chi connectivity index (χ1v) is 8.42. The standard InChI is InChI=1S/C21H18N2O5/c1-27-21(26)15-7-10-18(19(24)12-15)23-20(25)14-5-8-17(9-6-14)28-13-16-4-2-3-11-22-16/h2-12,24H,13H2,1H3,(H,23,25). The van der Waals surface area contributed by atoms with Gasteiger partial charge in [-0.25, -0.2) is 4.79 Å². The number of hydrogen-bond acceptors (Lipinski definition) is 6. The molecular formula is C21H18N2O5. The van der Waals surface area contributed by atoms with E-state index in [-0.39, 0.29) is 17.0 Å². The van der Waals surface area contributed by atoms with Gasteiger partial charge >= 0.3 is 5.97 Å². The average molecular weight is 378 g/mol. The van der Waals surface area contributed by atoms with Crippen LogP contribution in [-0.4, -0.2) is 29.1 Å². The summed E-state index contributed by atoms with van der Waals surface area (Å²) in [4.78, 5) is 28.0. The zero-order valence-corrected chi connectivity index (χ0v) is 15.1. The molecule has 0 aliphatic heterocycles. The Morgan fingerprint density at radius 3 is 2.43 bits per heavy atom. The summed E-state index contributed by atoms with van der Waals surface area (Å²) in [6, 6.07) is 16.3. The molecule has 0 saturated heterocycles. The molecule has 7 heteroatoms. The Balaban J connectivity index is 1.62. The van der Waals surface area contributed by atoms with E-state index in [9.17, 15) is 14.7 Å². The number of aromatic nitrogens is 1. The Kier molecular flexibility index (Phi) is 5.86. The summed E-state index contributed by atoms with van der Waals surface area (Å²) in [7, 11) is 1.25. The molecule has 0 aliphatic rings. The summed E-state index contributed by atoms with van der Waals surface area (Å²) in [5.41, 5.74) is 1.57. The van der Waals surface area contributed by atoms with Gasteiger partial charge in [-0.05, 0) is 54.6 Å². The number of phenolic OH excluding ortho intramolecular Hbond substituents is 1. The van der Waals surface area contributed by atoms with Gasteiger partial charge in [0, 0.05) is 11.8 Å². The first-order valence-electron chi connectivity index (χ1n) is 8.42. The van der Waals surface area contributed by atoms with Crippen molar-refractivity contribution in [3.63, 3.8) is 0 Å². The number of esters is 1. The maximum absolute atomic E-state index is 12.4. The summed E-state index contributed by atoms with van der Waals surface area (Å²) >= 11 is 0. The van der Waals surface area contributed by atoms with Gasteiger partial charge in [-0.15, -0.1) is 0 Å². The second-order valence-corrected chi connectivity index (χ2v) is 5.81. The van der Waals surface area contributed by atoms with Crippen molar-refractivity contribution < 1.29 is 24.2 Å². The predicted molar refractivity (Wildman–Crippen MR) is 102 cm³/mol. The zero-order chi connectivity index (χ0) is 19.9. The molecule has 0 aliphatic carbocycles. The summed E-state index contributed by atoms with van der Waals surface area (Å²) in [6.45, 7) is 0.326. The summed E-state index contributed by atoms with van der Waals surface area (Å²) < 4.78 is 10.2. The molecule has 28 heavy (non-hydrogen) atoms. The van der Waals surface area contributed by atoms with Crippen LogP contribution in [0.3, 0.4) is 0 Å². The lowest BCUT2D eigenvalue weighted by Crippen LogP contribution is -2.12. The monoisotopic (exact) mass is 378 g/mol. The van der Waals surface area contributed by atoms with Crippen LogP contribution in [0.15, 0.2) is 66.9 Å². The Labute approximate surface area is 161 Å². The van der Waals surface area contributed by atoms with Gasteiger partial charge in [0.05, 0.1) is 24.1 Å². The molecule has 2 aromatic carbocycles. The van der Waals surface area contributed by atoms with Crippen molar-refractivity contribution in [1.29, 1.82) is 0 Å². The van der Waals surface area contributed by atoms with E-state index in [0.717, 1.165) is 5.69 Å². The first kappa shape index (κ1) is 18.9. The number of carbonyl (C=O) groups is 2. The Bertz CT molecular complexity index is 972. The van der Waals surface area contributed by atoms with Crippen LogP contribution in [0.2, 0.25) is 0 Å². The average Bonchev–Trinajstić information content (AvgIpc) is 2.74. The molecule has 3 rings (SSSR count). The van der Waals surface area contributed by atoms with E-state index in [4.69, 9.17) is 4.74 Å². The second-order valence-electron chi connectivity index (χ2n) is 5.81. The molecule has 3 aromatic rings. The number of rotatable bonds is 6. The third-order valence-electron chi connectivity index (χ3n) is 3.90. The number of amides is 1. The van der Waals surface area contributed by atoms with Crippen molar-refractivity contribution >= 4 is 17.6 Å². The number of pyridine rings is 1. The van der Waals surface area contributed by atoms with Crippen LogP contribution in [-0.2, 0) is 11.3 Å². The number of aromatic hydroxyl groups is 1. The van der Waals surface area contributed by atoms with Crippen LogP contribution < -0.4 is 10.1 Å². The number of phenols is 1. The van der Waals surface area contributed by atoms with E-state index in [1.165, 1.54) is 25.3 Å². The van der Waals surface area contributed by atoms with Gasteiger partial charge in [-0.3, -0.25) is 9.78 Å². The van der Waals surface area contributed by atoms with Crippen molar-refractivity contribution in [2.75, 3.05) is 12.4 Å². The van der Waals surface area contributed by atoms with Gasteiger partial charge in [0.1, 0.15) is 18.1 Å². The van der Waals surface area contributed by atoms with E-state index in [1.807, 2.05) is 18.2 Å². The fourth-order valence-electron chi connectivity index (χ4n) is 2.42. The van der Waals surface area contributed by atoms with Crippen LogP contribution >= 0.6 is 0 Å². The third-order valence-corrected chi connectivity index (χ3v) is 3.90. The van der Waals surface area contributed by atoms with E-state index in [0.29, 0.717) is 17.9 Å². The molecule has 0 atom stereocenters. The number of ether oxygens (including phenoxy) is 2. The lowest BCUT2D eigenvalue weighted by molar-refractivity contribution is 0.0600. The van der Waals surface area contributed by atoms with Crippen LogP contribution in [0.4, 0.5) is 5.69 Å². The fraction of sp³-hybridized carbons (Fsp3) is 0.0952. The Hall–Kier alpha value is -3.87. The predicted octanol–water partition coefficient (Wildman–Crippen LogP) is 3.41. The molecule has 0 spiro atoms. The van der Waals surface area contributed by atoms with Gasteiger partial charge in [0.2, 0.25) is 0 Å². The van der Waals surface area contributed by atoms with E-state index < -0.39 is 11.9 Å². The van der Waals surface area contributed by atoms with Gasteiger partial charge < -0.3 is 19.9 Å². The van der Waals surface area contributed by atoms with Crippen LogP contribution in [0.1, 0.15) is 26.4 Å². The maximum atomic E-state index is 12.4. The molecular weight excluding hydrogens is 360 g/mol. The molecule has 142 valence electrons. The highest BCUT2D eigenvalue weighted by Gasteiger charge is 2.12. The van der Waals surface area contributed by atoms with Crippen molar-refractivity contribution in [3.05, 3.63) is 83.7 Å². The molecule has 7 nitrogen and oxygen atoms in total. The number of nitrogens with one attached hydrogen (secondary N) is 1. The number of nitrogens with zero attached hydrogens (tertiary/aromatic N) is 1. The van der Waals surface area contributed by atoms with E-state index in [1.54, 1.807) is 30.5 Å². The van der Waals surface area contributed by atoms with E-state index >= 15 is 0 Å². The lowest BCUT2D eigenvalue weighted by Gasteiger charge is -2.10. The molecule has 2 N–H and O–H groups in total. The summed E-state index contributed by atoms with van der Waals surface area (Å²) in [5.74, 6) is -0.606. The highest BCUT2D eigenvalue weighted by atomic mass is 16.5. The second kappa shape index (κ2) is 8.68. The van der Waals surface area contributed by atoms with Crippen molar-refractivity contribution in [2.24, 2.45) is 0 Å². The van der Waals surface area contributed by atoms with Gasteiger partial charge in [0.25, 0.3) is 5.91 Å².